The second-order valence-corrected chi connectivity index (χ2v) is 4.77. The number of rotatable bonds is 1. The maximum Gasteiger partial charge on any atom is 0.113 e. The zero-order valence-electron chi connectivity index (χ0n) is 10.2. The molecule has 3 rings (SSSR count). The number of thiocarbonyl (C=S) groups is 1. The van der Waals surface area contributed by atoms with Crippen LogP contribution in [0.4, 0.5) is 17.1 Å². The number of benzene rings is 2. The molecule has 0 aromatic heterocycles. The minimum atomic E-state index is 0.769. The molecule has 0 aliphatic carbocycles. The fourth-order valence-corrected chi connectivity index (χ4v) is 2.44. The molecule has 2 aromatic rings. The summed E-state index contributed by atoms with van der Waals surface area (Å²) in [5.74, 6) is 0. The Balaban J connectivity index is 2.12. The van der Waals surface area contributed by atoms with Gasteiger partial charge in [0, 0.05) is 11.3 Å². The van der Waals surface area contributed by atoms with Gasteiger partial charge in [-0.15, -0.1) is 0 Å². The molecule has 0 bridgehead atoms. The molecule has 0 radical (unpaired) electrons. The Kier molecular flexibility index (Phi) is 2.76. The summed E-state index contributed by atoms with van der Waals surface area (Å²) < 4.78 is 0. The van der Waals surface area contributed by atoms with E-state index in [0.717, 1.165) is 34.0 Å². The van der Waals surface area contributed by atoms with Gasteiger partial charge in [-0.2, -0.15) is 0 Å². The van der Waals surface area contributed by atoms with E-state index in [9.17, 15) is 0 Å². The van der Waals surface area contributed by atoms with Crippen molar-refractivity contribution >= 4 is 34.3 Å². The molecule has 0 saturated carbocycles. The predicted molar refractivity (Wildman–Crippen MR) is 80.9 cm³/mol. The molecule has 0 spiro atoms. The van der Waals surface area contributed by atoms with Crippen LogP contribution in [0.15, 0.2) is 42.5 Å². The van der Waals surface area contributed by atoms with Crippen LogP contribution >= 0.6 is 12.2 Å². The average Bonchev–Trinajstić information content (AvgIpc) is 2.54. The minimum Gasteiger partial charge on any atom is -0.353 e. The van der Waals surface area contributed by atoms with E-state index < -0.39 is 0 Å². The molecule has 2 nitrogen and oxygen atoms in total. The number of para-hydroxylation sites is 1. The lowest BCUT2D eigenvalue weighted by Gasteiger charge is -2.10. The Labute approximate surface area is 112 Å². The molecule has 0 amide bonds. The molecule has 1 aliphatic heterocycles. The largest absolute Gasteiger partial charge is 0.353 e. The van der Waals surface area contributed by atoms with Crippen LogP contribution in [0.25, 0.3) is 0 Å². The first-order chi connectivity index (χ1) is 8.78. The van der Waals surface area contributed by atoms with E-state index in [-0.39, 0.29) is 0 Å². The number of hydrogen-bond donors (Lipinski definition) is 2. The summed E-state index contributed by atoms with van der Waals surface area (Å²) in [5.41, 5.74) is 5.52. The van der Waals surface area contributed by atoms with Crippen molar-refractivity contribution in [3.8, 4) is 0 Å². The molecule has 0 atom stereocenters. The third-order valence-corrected chi connectivity index (χ3v) is 3.50. The van der Waals surface area contributed by atoms with Gasteiger partial charge in [-0.05, 0) is 36.2 Å². The highest BCUT2D eigenvalue weighted by molar-refractivity contribution is 7.81. The van der Waals surface area contributed by atoms with Crippen molar-refractivity contribution in [2.75, 3.05) is 10.6 Å². The van der Waals surface area contributed by atoms with Gasteiger partial charge in [0.25, 0.3) is 0 Å². The molecule has 0 fully saturated rings. The number of fused-ring (bicyclic) bond motifs is 2. The van der Waals surface area contributed by atoms with Crippen molar-refractivity contribution in [3.63, 3.8) is 0 Å². The highest BCUT2D eigenvalue weighted by Gasteiger charge is 2.15. The van der Waals surface area contributed by atoms with E-state index in [1.54, 1.807) is 0 Å². The van der Waals surface area contributed by atoms with Gasteiger partial charge in [0.1, 0.15) is 4.99 Å². The molecule has 0 unspecified atom stereocenters. The summed E-state index contributed by atoms with van der Waals surface area (Å²) in [6.07, 6.45) is 1.02. The van der Waals surface area contributed by atoms with Crippen molar-refractivity contribution in [2.24, 2.45) is 0 Å². The number of anilines is 3. The van der Waals surface area contributed by atoms with Gasteiger partial charge in [-0.25, -0.2) is 0 Å². The van der Waals surface area contributed by atoms with Gasteiger partial charge >= 0.3 is 0 Å². The van der Waals surface area contributed by atoms with Gasteiger partial charge in [0.2, 0.25) is 0 Å². The Bertz CT molecular complexity index is 620. The second kappa shape index (κ2) is 4.42. The lowest BCUT2D eigenvalue weighted by molar-refractivity contribution is 1.14. The highest BCUT2D eigenvalue weighted by Crippen LogP contribution is 2.32. The molecule has 18 heavy (non-hydrogen) atoms. The van der Waals surface area contributed by atoms with Crippen LogP contribution < -0.4 is 10.6 Å². The predicted octanol–water partition coefficient (Wildman–Crippen LogP) is 4.09. The topological polar surface area (TPSA) is 24.1 Å². The summed E-state index contributed by atoms with van der Waals surface area (Å²) in [7, 11) is 0. The summed E-state index contributed by atoms with van der Waals surface area (Å²) in [5, 5.41) is 6.76. The van der Waals surface area contributed by atoms with Gasteiger partial charge < -0.3 is 10.6 Å². The van der Waals surface area contributed by atoms with Crippen molar-refractivity contribution in [1.29, 1.82) is 0 Å². The average molecular weight is 254 g/mol. The van der Waals surface area contributed by atoms with E-state index in [4.69, 9.17) is 12.2 Å². The number of nitrogens with one attached hydrogen (secondary N) is 2. The first kappa shape index (κ1) is 11.2. The Morgan fingerprint density at radius 3 is 2.61 bits per heavy atom. The van der Waals surface area contributed by atoms with E-state index in [0.29, 0.717) is 0 Å². The van der Waals surface area contributed by atoms with E-state index in [1.807, 2.05) is 24.3 Å². The zero-order chi connectivity index (χ0) is 12.5. The van der Waals surface area contributed by atoms with Gasteiger partial charge in [0.05, 0.1) is 11.4 Å². The van der Waals surface area contributed by atoms with Crippen LogP contribution in [-0.4, -0.2) is 4.99 Å². The first-order valence-electron chi connectivity index (χ1n) is 6.08. The summed E-state index contributed by atoms with van der Waals surface area (Å²) in [6.45, 7) is 2.15. The standard InChI is InChI=1S/C15H14N2S/c1-2-10-7-8-13-14(9-10)17-15(18)11-5-3-4-6-12(11)16-13/h3-9,16H,2H2,1H3,(H,17,18). The van der Waals surface area contributed by atoms with Crippen molar-refractivity contribution < 1.29 is 0 Å². The van der Waals surface area contributed by atoms with Gasteiger partial charge in [0.15, 0.2) is 0 Å². The lowest BCUT2D eigenvalue weighted by Crippen LogP contribution is -2.09. The van der Waals surface area contributed by atoms with Gasteiger partial charge in [-0.3, -0.25) is 0 Å². The second-order valence-electron chi connectivity index (χ2n) is 4.36. The fraction of sp³-hybridized carbons (Fsp3) is 0.133. The van der Waals surface area contributed by atoms with Gasteiger partial charge in [-0.1, -0.05) is 37.3 Å². The zero-order valence-corrected chi connectivity index (χ0v) is 11.0. The van der Waals surface area contributed by atoms with Crippen molar-refractivity contribution in [1.82, 2.24) is 0 Å². The summed E-state index contributed by atoms with van der Waals surface area (Å²) in [6, 6.07) is 14.5. The normalized spacial score (nSPS) is 12.8. The van der Waals surface area contributed by atoms with Crippen LogP contribution in [-0.2, 0) is 6.42 Å². The lowest BCUT2D eigenvalue weighted by atomic mass is 10.1. The van der Waals surface area contributed by atoms with Crippen molar-refractivity contribution in [3.05, 3.63) is 53.6 Å². The molecular weight excluding hydrogens is 240 g/mol. The molecule has 0 saturated heterocycles. The van der Waals surface area contributed by atoms with Crippen molar-refractivity contribution in [2.45, 2.75) is 13.3 Å². The maximum absolute atomic E-state index is 5.45. The molecule has 1 aliphatic rings. The smallest absolute Gasteiger partial charge is 0.113 e. The van der Waals surface area contributed by atoms with Crippen LogP contribution in [0.2, 0.25) is 0 Å². The minimum absolute atomic E-state index is 0.769. The van der Waals surface area contributed by atoms with Crippen LogP contribution in [0.1, 0.15) is 18.1 Å². The quantitative estimate of drug-likeness (QED) is 0.749. The SMILES string of the molecule is CCc1ccc2c(c1)NC(=S)c1ccccc1N2. The molecule has 90 valence electrons. The molecule has 1 heterocycles. The monoisotopic (exact) mass is 254 g/mol. The number of hydrogen-bond acceptors (Lipinski definition) is 2. The van der Waals surface area contributed by atoms with Crippen LogP contribution in [0.5, 0.6) is 0 Å². The Morgan fingerprint density at radius 1 is 0.944 bits per heavy atom. The molecule has 2 aromatic carbocycles. The fourth-order valence-electron chi connectivity index (χ4n) is 2.15. The maximum atomic E-state index is 5.45. The molecule has 3 heteroatoms. The molecule has 2 N–H and O–H groups in total. The first-order valence-corrected chi connectivity index (χ1v) is 6.49. The third-order valence-electron chi connectivity index (χ3n) is 3.18. The molecular formula is C15H14N2S. The Hall–Kier alpha value is -1.87. The van der Waals surface area contributed by atoms with E-state index in [2.05, 4.69) is 35.8 Å². The van der Waals surface area contributed by atoms with Crippen LogP contribution in [0, 0.1) is 0 Å². The highest BCUT2D eigenvalue weighted by atomic mass is 32.1. The Morgan fingerprint density at radius 2 is 1.78 bits per heavy atom. The van der Waals surface area contributed by atoms with E-state index >= 15 is 0 Å². The summed E-state index contributed by atoms with van der Waals surface area (Å²) >= 11 is 5.45. The van der Waals surface area contributed by atoms with E-state index in [1.165, 1.54) is 5.56 Å². The number of aryl methyl sites for hydroxylation is 1. The third kappa shape index (κ3) is 1.87. The van der Waals surface area contributed by atoms with Crippen LogP contribution in [0.3, 0.4) is 0 Å². The summed E-state index contributed by atoms with van der Waals surface area (Å²) in [4.78, 5) is 0.769.